The summed E-state index contributed by atoms with van der Waals surface area (Å²) in [5.74, 6) is 0.192. The van der Waals surface area contributed by atoms with Gasteiger partial charge in [-0.1, -0.05) is 30.3 Å². The Hall–Kier alpha value is -0.890. The Morgan fingerprint density at radius 1 is 1.15 bits per heavy atom. The van der Waals surface area contributed by atoms with Crippen LogP contribution >= 0.6 is 24.8 Å². The summed E-state index contributed by atoms with van der Waals surface area (Å²) in [6.07, 6.45) is 0. The predicted octanol–water partition coefficient (Wildman–Crippen LogP) is 1.34. The van der Waals surface area contributed by atoms with E-state index in [0.717, 1.165) is 52.4 Å². The molecule has 0 spiro atoms. The lowest BCUT2D eigenvalue weighted by atomic mass is 10.2. The highest BCUT2D eigenvalue weighted by atomic mass is 35.5. The fraction of sp³-hybridized carbons (Fsp3) is 0.632. The molecule has 1 N–H and O–H groups in total. The highest BCUT2D eigenvalue weighted by Crippen LogP contribution is 2.05. The first-order chi connectivity index (χ1) is 12.2. The standard InChI is InChI=1S/C19H32N4O2.2ClH/c1-21(17-18-6-4-3-5-7-18)9-10-22-11-13-23(14-12-22)19(24)16-20-8-15-25-2;;/h3-7,20H,8-17H2,1-2H3;2*1H. The highest BCUT2D eigenvalue weighted by molar-refractivity contribution is 5.85. The summed E-state index contributed by atoms with van der Waals surface area (Å²) in [6.45, 7) is 8.41. The molecule has 8 heteroatoms. The van der Waals surface area contributed by atoms with Gasteiger partial charge in [0.1, 0.15) is 0 Å². The maximum atomic E-state index is 12.1. The van der Waals surface area contributed by atoms with E-state index in [9.17, 15) is 4.79 Å². The van der Waals surface area contributed by atoms with Gasteiger partial charge in [-0.15, -0.1) is 24.8 Å². The van der Waals surface area contributed by atoms with E-state index in [-0.39, 0.29) is 30.7 Å². The summed E-state index contributed by atoms with van der Waals surface area (Å²) in [6, 6.07) is 10.6. The third-order valence-corrected chi connectivity index (χ3v) is 4.58. The largest absolute Gasteiger partial charge is 0.383 e. The molecule has 0 unspecified atom stereocenters. The summed E-state index contributed by atoms with van der Waals surface area (Å²) in [5, 5.41) is 3.12. The Labute approximate surface area is 176 Å². The minimum absolute atomic E-state index is 0. The first-order valence-corrected chi connectivity index (χ1v) is 9.11. The maximum absolute atomic E-state index is 12.1. The Morgan fingerprint density at radius 3 is 2.44 bits per heavy atom. The van der Waals surface area contributed by atoms with Crippen molar-refractivity contribution in [3.8, 4) is 0 Å². The molecular weight excluding hydrogens is 387 g/mol. The Bertz CT molecular complexity index is 500. The fourth-order valence-corrected chi connectivity index (χ4v) is 2.99. The van der Waals surface area contributed by atoms with Crippen LogP contribution in [0, 0.1) is 0 Å². The molecule has 156 valence electrons. The summed E-state index contributed by atoms with van der Waals surface area (Å²) >= 11 is 0. The number of piperazine rings is 1. The number of hydrogen-bond acceptors (Lipinski definition) is 5. The number of benzene rings is 1. The van der Waals surface area contributed by atoms with Crippen LogP contribution in [0.25, 0.3) is 0 Å². The van der Waals surface area contributed by atoms with Crippen LogP contribution in [0.1, 0.15) is 5.56 Å². The van der Waals surface area contributed by atoms with E-state index in [4.69, 9.17) is 4.74 Å². The fourth-order valence-electron chi connectivity index (χ4n) is 2.99. The van der Waals surface area contributed by atoms with Crippen LogP contribution in [0.2, 0.25) is 0 Å². The molecule has 2 rings (SSSR count). The molecule has 1 aromatic carbocycles. The van der Waals surface area contributed by atoms with Gasteiger partial charge in [0, 0.05) is 59.5 Å². The number of amides is 1. The van der Waals surface area contributed by atoms with Gasteiger partial charge in [-0.2, -0.15) is 0 Å². The smallest absolute Gasteiger partial charge is 0.236 e. The predicted molar refractivity (Wildman–Crippen MR) is 115 cm³/mol. The number of rotatable bonds is 10. The van der Waals surface area contributed by atoms with Crippen LogP contribution in [0.4, 0.5) is 0 Å². The van der Waals surface area contributed by atoms with Crippen LogP contribution in [0.3, 0.4) is 0 Å². The number of carbonyl (C=O) groups is 1. The quantitative estimate of drug-likeness (QED) is 0.578. The average Bonchev–Trinajstić information content (AvgIpc) is 2.64. The zero-order valence-electron chi connectivity index (χ0n) is 16.4. The second-order valence-corrected chi connectivity index (χ2v) is 6.62. The molecule has 27 heavy (non-hydrogen) atoms. The molecule has 0 aliphatic carbocycles. The lowest BCUT2D eigenvalue weighted by Gasteiger charge is -2.35. The van der Waals surface area contributed by atoms with Gasteiger partial charge in [-0.3, -0.25) is 9.69 Å². The zero-order valence-corrected chi connectivity index (χ0v) is 18.1. The third-order valence-electron chi connectivity index (χ3n) is 4.58. The molecule has 1 fully saturated rings. The van der Waals surface area contributed by atoms with E-state index in [1.165, 1.54) is 5.56 Å². The van der Waals surface area contributed by atoms with Crippen molar-refractivity contribution >= 4 is 30.7 Å². The molecule has 6 nitrogen and oxygen atoms in total. The van der Waals surface area contributed by atoms with Crippen LogP contribution in [0.5, 0.6) is 0 Å². The average molecular weight is 421 g/mol. The highest BCUT2D eigenvalue weighted by Gasteiger charge is 2.20. The summed E-state index contributed by atoms with van der Waals surface area (Å²) in [7, 11) is 3.83. The van der Waals surface area contributed by atoms with Crippen LogP contribution in [-0.2, 0) is 16.1 Å². The molecule has 0 radical (unpaired) electrons. The summed E-state index contributed by atoms with van der Waals surface area (Å²) in [4.78, 5) is 18.9. The normalized spacial score (nSPS) is 14.6. The molecule has 0 atom stereocenters. The number of nitrogens with one attached hydrogen (secondary N) is 1. The van der Waals surface area contributed by atoms with E-state index in [1.54, 1.807) is 7.11 Å². The van der Waals surface area contributed by atoms with Crippen molar-refractivity contribution in [3.05, 3.63) is 35.9 Å². The van der Waals surface area contributed by atoms with Gasteiger partial charge in [-0.25, -0.2) is 0 Å². The van der Waals surface area contributed by atoms with E-state index in [1.807, 2.05) is 4.90 Å². The SMILES string of the molecule is COCCNCC(=O)N1CCN(CCN(C)Cc2ccccc2)CC1.Cl.Cl. The van der Waals surface area contributed by atoms with Crippen LogP contribution < -0.4 is 5.32 Å². The minimum atomic E-state index is 0. The van der Waals surface area contributed by atoms with E-state index in [2.05, 4.69) is 52.5 Å². The zero-order chi connectivity index (χ0) is 17.9. The number of hydrogen-bond donors (Lipinski definition) is 1. The lowest BCUT2D eigenvalue weighted by Crippen LogP contribution is -2.51. The van der Waals surface area contributed by atoms with Crippen molar-refractivity contribution in [2.24, 2.45) is 0 Å². The molecule has 1 aromatic rings. The van der Waals surface area contributed by atoms with Crippen molar-refractivity contribution in [2.45, 2.75) is 6.54 Å². The van der Waals surface area contributed by atoms with E-state index >= 15 is 0 Å². The second kappa shape index (κ2) is 15.1. The van der Waals surface area contributed by atoms with Gasteiger partial charge >= 0.3 is 0 Å². The van der Waals surface area contributed by atoms with Gasteiger partial charge in [-0.05, 0) is 12.6 Å². The molecular formula is C19H34Cl2N4O2. The number of carbonyl (C=O) groups excluding carboxylic acids is 1. The molecule has 1 aliphatic heterocycles. The van der Waals surface area contributed by atoms with Gasteiger partial charge in [0.05, 0.1) is 13.2 Å². The van der Waals surface area contributed by atoms with E-state index in [0.29, 0.717) is 13.2 Å². The Balaban J connectivity index is 0.00000338. The van der Waals surface area contributed by atoms with Gasteiger partial charge in [0.25, 0.3) is 0 Å². The molecule has 1 heterocycles. The van der Waals surface area contributed by atoms with Gasteiger partial charge < -0.3 is 19.9 Å². The number of halogens is 2. The molecule has 0 bridgehead atoms. The molecule has 1 amide bonds. The van der Waals surface area contributed by atoms with Crippen LogP contribution in [0.15, 0.2) is 30.3 Å². The van der Waals surface area contributed by atoms with Crippen molar-refractivity contribution in [1.29, 1.82) is 0 Å². The van der Waals surface area contributed by atoms with Crippen molar-refractivity contribution in [3.63, 3.8) is 0 Å². The first-order valence-electron chi connectivity index (χ1n) is 9.11. The monoisotopic (exact) mass is 420 g/mol. The summed E-state index contributed by atoms with van der Waals surface area (Å²) < 4.78 is 4.97. The van der Waals surface area contributed by atoms with Gasteiger partial charge in [0.15, 0.2) is 0 Å². The lowest BCUT2D eigenvalue weighted by molar-refractivity contribution is -0.132. The molecule has 0 aromatic heterocycles. The van der Waals surface area contributed by atoms with Crippen molar-refractivity contribution < 1.29 is 9.53 Å². The van der Waals surface area contributed by atoms with Crippen LogP contribution in [-0.4, -0.2) is 93.7 Å². The molecule has 1 saturated heterocycles. The maximum Gasteiger partial charge on any atom is 0.236 e. The minimum Gasteiger partial charge on any atom is -0.383 e. The third kappa shape index (κ3) is 10.3. The van der Waals surface area contributed by atoms with E-state index < -0.39 is 0 Å². The Morgan fingerprint density at radius 2 is 1.81 bits per heavy atom. The Kier molecular flexibility index (Phi) is 14.6. The molecule has 1 aliphatic rings. The number of ether oxygens (including phenoxy) is 1. The first kappa shape index (κ1) is 26.1. The van der Waals surface area contributed by atoms with Gasteiger partial charge in [0.2, 0.25) is 5.91 Å². The van der Waals surface area contributed by atoms with Crippen molar-refractivity contribution in [2.75, 3.05) is 73.1 Å². The summed E-state index contributed by atoms with van der Waals surface area (Å²) in [5.41, 5.74) is 1.35. The number of methoxy groups -OCH3 is 1. The number of likely N-dealkylation sites (N-methyl/N-ethyl adjacent to an activating group) is 1. The topological polar surface area (TPSA) is 48.1 Å². The number of nitrogens with zero attached hydrogens (tertiary/aromatic N) is 3. The molecule has 0 saturated carbocycles. The van der Waals surface area contributed by atoms with Crippen molar-refractivity contribution in [1.82, 2.24) is 20.0 Å². The second-order valence-electron chi connectivity index (χ2n) is 6.62.